The van der Waals surface area contributed by atoms with E-state index in [1.807, 2.05) is 0 Å². The standard InChI is InChI=1S/C28H25F6N3O4/c29-27(30,31)21-4-2-1-3-18(21)24-20(25(41-36-24)14-5-6-14)13-40-17-9-15-7-8-16(10-17)37(15)23-11-22(28(32,33)34)19(12-35-23)26(38)39/h1-4,11-12,14-17H,5-10,13H2,(H,38,39)/t15-,16?,17?/m0/s1. The van der Waals surface area contributed by atoms with Crippen molar-refractivity contribution in [3.63, 3.8) is 0 Å². The van der Waals surface area contributed by atoms with Gasteiger partial charge in [-0.05, 0) is 50.7 Å². The van der Waals surface area contributed by atoms with E-state index >= 15 is 0 Å². The van der Waals surface area contributed by atoms with E-state index in [9.17, 15) is 36.2 Å². The van der Waals surface area contributed by atoms with Gasteiger partial charge in [0.15, 0.2) is 0 Å². The number of carboxylic acid groups (broad SMARTS) is 1. The number of rotatable bonds is 7. The summed E-state index contributed by atoms with van der Waals surface area (Å²) in [4.78, 5) is 17.2. The summed E-state index contributed by atoms with van der Waals surface area (Å²) in [6, 6.07) is 5.61. The van der Waals surface area contributed by atoms with Crippen LogP contribution in [0.4, 0.5) is 32.2 Å². The molecule has 1 aromatic carbocycles. The number of alkyl halides is 6. The van der Waals surface area contributed by atoms with E-state index in [0.717, 1.165) is 31.2 Å². The molecule has 4 heterocycles. The largest absolute Gasteiger partial charge is 0.478 e. The van der Waals surface area contributed by atoms with E-state index < -0.39 is 35.0 Å². The molecule has 3 fully saturated rings. The van der Waals surface area contributed by atoms with Gasteiger partial charge in [0, 0.05) is 35.3 Å². The number of piperidine rings is 1. The summed E-state index contributed by atoms with van der Waals surface area (Å²) in [7, 11) is 0. The Kier molecular flexibility index (Phi) is 6.74. The van der Waals surface area contributed by atoms with E-state index in [0.29, 0.717) is 37.0 Å². The van der Waals surface area contributed by atoms with Crippen LogP contribution in [0.15, 0.2) is 41.1 Å². The van der Waals surface area contributed by atoms with Crippen LogP contribution in [0.3, 0.4) is 0 Å². The van der Waals surface area contributed by atoms with Crippen molar-refractivity contribution in [1.82, 2.24) is 10.1 Å². The molecule has 3 atom stereocenters. The highest BCUT2D eigenvalue weighted by Crippen LogP contribution is 2.47. The van der Waals surface area contributed by atoms with Crippen molar-refractivity contribution in [1.29, 1.82) is 0 Å². The molecule has 3 aliphatic rings. The first-order valence-electron chi connectivity index (χ1n) is 13.3. The zero-order valence-electron chi connectivity index (χ0n) is 21.5. The maximum atomic E-state index is 13.8. The molecule has 2 saturated heterocycles. The van der Waals surface area contributed by atoms with Gasteiger partial charge in [-0.25, -0.2) is 9.78 Å². The number of nitrogens with zero attached hydrogens (tertiary/aromatic N) is 3. The Bertz CT molecular complexity index is 1450. The van der Waals surface area contributed by atoms with Crippen LogP contribution in [-0.4, -0.2) is 39.4 Å². The van der Waals surface area contributed by atoms with Crippen LogP contribution in [0.5, 0.6) is 0 Å². The molecule has 1 saturated carbocycles. The Balaban J connectivity index is 1.22. The summed E-state index contributed by atoms with van der Waals surface area (Å²) in [5.74, 6) is -1.04. The number of anilines is 1. The van der Waals surface area contributed by atoms with Crippen LogP contribution in [0.1, 0.15) is 77.3 Å². The van der Waals surface area contributed by atoms with E-state index in [4.69, 9.17) is 9.26 Å². The highest BCUT2D eigenvalue weighted by atomic mass is 19.4. The Labute approximate surface area is 230 Å². The molecule has 41 heavy (non-hydrogen) atoms. The minimum atomic E-state index is -4.85. The summed E-state index contributed by atoms with van der Waals surface area (Å²) < 4.78 is 93.8. The third kappa shape index (κ3) is 5.27. The lowest BCUT2D eigenvalue weighted by Gasteiger charge is -2.40. The first-order valence-corrected chi connectivity index (χ1v) is 13.3. The molecule has 2 bridgehead atoms. The van der Waals surface area contributed by atoms with Gasteiger partial charge in [0.2, 0.25) is 0 Å². The second-order valence-electron chi connectivity index (χ2n) is 10.8. The minimum absolute atomic E-state index is 0.00918. The number of benzene rings is 1. The number of ether oxygens (including phenoxy) is 1. The molecule has 2 unspecified atom stereocenters. The van der Waals surface area contributed by atoms with Crippen molar-refractivity contribution in [3.05, 3.63) is 64.5 Å². The number of carbonyl (C=O) groups is 1. The predicted molar refractivity (Wildman–Crippen MR) is 132 cm³/mol. The maximum Gasteiger partial charge on any atom is 0.417 e. The fourth-order valence-corrected chi connectivity index (χ4v) is 6.11. The van der Waals surface area contributed by atoms with Crippen molar-refractivity contribution in [2.45, 2.75) is 81.6 Å². The molecule has 13 heteroatoms. The lowest BCUT2D eigenvalue weighted by atomic mass is 9.98. The average Bonchev–Trinajstić information content (AvgIpc) is 3.61. The van der Waals surface area contributed by atoms with Crippen LogP contribution in [0.2, 0.25) is 0 Å². The minimum Gasteiger partial charge on any atom is -0.478 e. The number of carboxylic acids is 1. The molecule has 7 nitrogen and oxygen atoms in total. The first-order chi connectivity index (χ1) is 19.4. The van der Waals surface area contributed by atoms with Crippen molar-refractivity contribution < 1.29 is 45.5 Å². The predicted octanol–water partition coefficient (Wildman–Crippen LogP) is 7.07. The molecule has 0 spiro atoms. The number of aromatic carboxylic acids is 1. The highest BCUT2D eigenvalue weighted by molar-refractivity contribution is 5.89. The SMILES string of the molecule is O=C(O)c1cnc(N2C3CC[C@H]2CC(OCc2c(-c4ccccc4C(F)(F)F)noc2C2CC2)C3)cc1C(F)(F)F. The zero-order valence-corrected chi connectivity index (χ0v) is 21.5. The van der Waals surface area contributed by atoms with Gasteiger partial charge in [-0.1, -0.05) is 23.4 Å². The Hall–Kier alpha value is -3.61. The van der Waals surface area contributed by atoms with E-state index in [1.54, 1.807) is 4.90 Å². The second-order valence-corrected chi connectivity index (χ2v) is 10.8. The number of halogens is 6. The van der Waals surface area contributed by atoms with Gasteiger partial charge in [-0.15, -0.1) is 0 Å². The molecule has 1 N–H and O–H groups in total. The fraction of sp³-hybridized carbons (Fsp3) is 0.464. The topological polar surface area (TPSA) is 88.7 Å². The summed E-state index contributed by atoms with van der Waals surface area (Å²) in [6.45, 7) is -0.00918. The fourth-order valence-electron chi connectivity index (χ4n) is 6.11. The van der Waals surface area contributed by atoms with Crippen LogP contribution >= 0.6 is 0 Å². The normalized spacial score (nSPS) is 22.8. The monoisotopic (exact) mass is 581 g/mol. The lowest BCUT2D eigenvalue weighted by Crippen LogP contribution is -2.46. The van der Waals surface area contributed by atoms with Crippen LogP contribution in [0, 0.1) is 0 Å². The second kappa shape index (κ2) is 10.0. The lowest BCUT2D eigenvalue weighted by molar-refractivity contribution is -0.138. The molecule has 218 valence electrons. The van der Waals surface area contributed by atoms with Crippen molar-refractivity contribution in [2.75, 3.05) is 4.90 Å². The van der Waals surface area contributed by atoms with Gasteiger partial charge in [-0.2, -0.15) is 26.3 Å². The number of aromatic nitrogens is 2. The molecular weight excluding hydrogens is 556 g/mol. The maximum absolute atomic E-state index is 13.8. The third-order valence-electron chi connectivity index (χ3n) is 8.10. The molecule has 2 aromatic heterocycles. The van der Waals surface area contributed by atoms with Crippen LogP contribution < -0.4 is 4.90 Å². The number of hydrogen-bond donors (Lipinski definition) is 1. The van der Waals surface area contributed by atoms with Gasteiger partial charge < -0.3 is 19.3 Å². The van der Waals surface area contributed by atoms with Crippen molar-refractivity contribution in [2.24, 2.45) is 0 Å². The number of fused-ring (bicyclic) bond motifs is 2. The molecule has 2 aliphatic heterocycles. The van der Waals surface area contributed by atoms with Gasteiger partial charge >= 0.3 is 18.3 Å². The van der Waals surface area contributed by atoms with Crippen molar-refractivity contribution in [3.8, 4) is 11.3 Å². The Morgan fingerprint density at radius 1 is 1.00 bits per heavy atom. The van der Waals surface area contributed by atoms with E-state index in [-0.39, 0.29) is 47.8 Å². The summed E-state index contributed by atoms with van der Waals surface area (Å²) in [6.07, 6.45) is -4.97. The average molecular weight is 582 g/mol. The quantitative estimate of drug-likeness (QED) is 0.299. The van der Waals surface area contributed by atoms with Gasteiger partial charge in [0.25, 0.3) is 0 Å². The molecule has 0 amide bonds. The molecule has 6 rings (SSSR count). The van der Waals surface area contributed by atoms with Crippen molar-refractivity contribution >= 4 is 11.8 Å². The third-order valence-corrected chi connectivity index (χ3v) is 8.10. The number of pyridine rings is 1. The summed E-state index contributed by atoms with van der Waals surface area (Å²) in [5.41, 5.74) is -2.47. The van der Waals surface area contributed by atoms with E-state index in [2.05, 4.69) is 10.1 Å². The molecule has 0 radical (unpaired) electrons. The molecule has 3 aromatic rings. The van der Waals surface area contributed by atoms with Crippen LogP contribution in [-0.2, 0) is 23.7 Å². The van der Waals surface area contributed by atoms with E-state index in [1.165, 1.54) is 18.2 Å². The van der Waals surface area contributed by atoms with Crippen LogP contribution in [0.25, 0.3) is 11.3 Å². The number of hydrogen-bond acceptors (Lipinski definition) is 6. The highest BCUT2D eigenvalue weighted by Gasteiger charge is 2.44. The molecular formula is C28H25F6N3O4. The summed E-state index contributed by atoms with van der Waals surface area (Å²) >= 11 is 0. The first kappa shape index (κ1) is 27.6. The summed E-state index contributed by atoms with van der Waals surface area (Å²) in [5, 5.41) is 13.2. The Morgan fingerprint density at radius 3 is 2.27 bits per heavy atom. The van der Waals surface area contributed by atoms with Gasteiger partial charge in [-0.3, -0.25) is 0 Å². The zero-order chi connectivity index (χ0) is 29.1. The smallest absolute Gasteiger partial charge is 0.417 e. The van der Waals surface area contributed by atoms with Gasteiger partial charge in [0.05, 0.1) is 29.4 Å². The van der Waals surface area contributed by atoms with Gasteiger partial charge in [0.1, 0.15) is 17.3 Å². The Morgan fingerprint density at radius 2 is 1.66 bits per heavy atom. The molecule has 1 aliphatic carbocycles.